The van der Waals surface area contributed by atoms with Crippen molar-refractivity contribution < 1.29 is 5.11 Å². The summed E-state index contributed by atoms with van der Waals surface area (Å²) >= 11 is 7.30. The molecule has 0 bridgehead atoms. The Morgan fingerprint density at radius 2 is 1.75 bits per heavy atom. The van der Waals surface area contributed by atoms with E-state index < -0.39 is 0 Å². The van der Waals surface area contributed by atoms with Crippen LogP contribution in [0.5, 0.6) is 5.75 Å². The molecule has 0 aliphatic rings. The summed E-state index contributed by atoms with van der Waals surface area (Å²) in [7, 11) is 0. The summed E-state index contributed by atoms with van der Waals surface area (Å²) in [5.74, 6) is 0.596. The van der Waals surface area contributed by atoms with Gasteiger partial charge < -0.3 is 5.11 Å². The number of hydrogen-bond donors (Lipinski definition) is 1. The van der Waals surface area contributed by atoms with Gasteiger partial charge in [-0.25, -0.2) is 0 Å². The summed E-state index contributed by atoms with van der Waals surface area (Å²) < 4.78 is 0. The highest BCUT2D eigenvalue weighted by atomic mass is 35.5. The average molecular weight is 251 g/mol. The van der Waals surface area contributed by atoms with Crippen molar-refractivity contribution in [3.05, 3.63) is 54.1 Å². The predicted molar refractivity (Wildman–Crippen MR) is 68.2 cm³/mol. The second-order valence-corrected chi connectivity index (χ2v) is 4.75. The summed E-state index contributed by atoms with van der Waals surface area (Å²) in [5.41, 5.74) is 0.763. The molecule has 0 spiro atoms. The summed E-state index contributed by atoms with van der Waals surface area (Å²) in [4.78, 5) is 2.16. The normalized spacial score (nSPS) is 10.3. The van der Waals surface area contributed by atoms with Gasteiger partial charge in [-0.3, -0.25) is 0 Å². The minimum absolute atomic E-state index is 0.260. The van der Waals surface area contributed by atoms with Crippen LogP contribution in [-0.4, -0.2) is 5.11 Å². The molecule has 2 aromatic rings. The fraction of sp³-hybridized carbons (Fsp3) is 0.0769. The number of hydrogen-bond acceptors (Lipinski definition) is 2. The van der Waals surface area contributed by atoms with Gasteiger partial charge in [0.2, 0.25) is 0 Å². The molecule has 16 heavy (non-hydrogen) atoms. The summed E-state index contributed by atoms with van der Waals surface area (Å²) in [6.45, 7) is 0. The van der Waals surface area contributed by atoms with Crippen molar-refractivity contribution in [2.75, 3.05) is 0 Å². The van der Waals surface area contributed by atoms with Crippen molar-refractivity contribution in [3.8, 4) is 5.75 Å². The third-order valence-electron chi connectivity index (χ3n) is 2.18. The molecular formula is C13H11ClOS. The summed E-state index contributed by atoms with van der Waals surface area (Å²) in [6, 6.07) is 15.6. The van der Waals surface area contributed by atoms with Gasteiger partial charge in [0.1, 0.15) is 5.75 Å². The number of aromatic hydroxyl groups is 1. The van der Waals surface area contributed by atoms with Crippen LogP contribution in [0.25, 0.3) is 0 Å². The molecule has 0 heterocycles. The van der Waals surface area contributed by atoms with Crippen molar-refractivity contribution in [1.82, 2.24) is 0 Å². The van der Waals surface area contributed by atoms with Gasteiger partial charge in [-0.1, -0.05) is 36.0 Å². The van der Waals surface area contributed by atoms with Crippen molar-refractivity contribution in [2.45, 2.75) is 15.7 Å². The van der Waals surface area contributed by atoms with Gasteiger partial charge in [-0.2, -0.15) is 0 Å². The van der Waals surface area contributed by atoms with Gasteiger partial charge >= 0.3 is 0 Å². The van der Waals surface area contributed by atoms with Gasteiger partial charge in [-0.05, 0) is 24.3 Å². The molecule has 0 amide bonds. The first-order valence-corrected chi connectivity index (χ1v) is 6.25. The molecule has 0 saturated carbocycles. The van der Waals surface area contributed by atoms with E-state index in [0.717, 1.165) is 15.4 Å². The molecule has 0 saturated heterocycles. The molecule has 0 atom stereocenters. The Kier molecular flexibility index (Phi) is 3.75. The van der Waals surface area contributed by atoms with E-state index in [1.54, 1.807) is 17.8 Å². The van der Waals surface area contributed by atoms with Crippen molar-refractivity contribution in [3.63, 3.8) is 0 Å². The van der Waals surface area contributed by atoms with E-state index in [2.05, 4.69) is 0 Å². The van der Waals surface area contributed by atoms with Crippen LogP contribution in [0.3, 0.4) is 0 Å². The van der Waals surface area contributed by atoms with Crippen LogP contribution in [0.1, 0.15) is 5.56 Å². The number of benzene rings is 2. The lowest BCUT2D eigenvalue weighted by Gasteiger charge is -2.04. The maximum Gasteiger partial charge on any atom is 0.121 e. The maximum absolute atomic E-state index is 9.67. The van der Waals surface area contributed by atoms with Crippen molar-refractivity contribution >= 4 is 23.4 Å². The van der Waals surface area contributed by atoms with Crippen molar-refractivity contribution in [1.29, 1.82) is 0 Å². The van der Waals surface area contributed by atoms with E-state index in [1.165, 1.54) is 0 Å². The zero-order valence-electron chi connectivity index (χ0n) is 8.56. The van der Waals surface area contributed by atoms with Crippen LogP contribution >= 0.6 is 23.4 Å². The molecule has 0 radical (unpaired) electrons. The molecule has 0 aliphatic carbocycles. The quantitative estimate of drug-likeness (QED) is 0.821. The number of rotatable bonds is 3. The SMILES string of the molecule is Oc1cc(Sc2ccccc2)ccc1CCl. The van der Waals surface area contributed by atoms with Crippen LogP contribution in [0.15, 0.2) is 58.3 Å². The largest absolute Gasteiger partial charge is 0.508 e. The number of halogens is 1. The van der Waals surface area contributed by atoms with Crippen molar-refractivity contribution in [2.24, 2.45) is 0 Å². The highest BCUT2D eigenvalue weighted by Crippen LogP contribution is 2.31. The standard InChI is InChI=1S/C13H11ClOS/c14-9-10-6-7-12(8-13(10)15)16-11-4-2-1-3-5-11/h1-8,15H,9H2. The van der Waals surface area contributed by atoms with Gasteiger partial charge in [-0.15, -0.1) is 11.6 Å². The molecule has 1 N–H and O–H groups in total. The highest BCUT2D eigenvalue weighted by Gasteiger charge is 2.02. The van der Waals surface area contributed by atoms with E-state index >= 15 is 0 Å². The first-order valence-electron chi connectivity index (χ1n) is 4.90. The van der Waals surface area contributed by atoms with E-state index in [0.29, 0.717) is 5.88 Å². The van der Waals surface area contributed by atoms with Crippen LogP contribution < -0.4 is 0 Å². The average Bonchev–Trinajstić information content (AvgIpc) is 2.31. The van der Waals surface area contributed by atoms with Gasteiger partial charge in [0.25, 0.3) is 0 Å². The third kappa shape index (κ3) is 2.71. The third-order valence-corrected chi connectivity index (χ3v) is 3.47. The predicted octanol–water partition coefficient (Wildman–Crippen LogP) is 4.28. The van der Waals surface area contributed by atoms with Crippen LogP contribution in [-0.2, 0) is 5.88 Å². The summed E-state index contributed by atoms with van der Waals surface area (Å²) in [5, 5.41) is 9.67. The molecule has 0 unspecified atom stereocenters. The Morgan fingerprint density at radius 3 is 2.38 bits per heavy atom. The van der Waals surface area contributed by atoms with Gasteiger partial charge in [0.05, 0.1) is 5.88 Å². The molecule has 2 rings (SSSR count). The molecule has 0 aliphatic heterocycles. The zero-order valence-corrected chi connectivity index (χ0v) is 10.1. The first kappa shape index (κ1) is 11.4. The fourth-order valence-corrected chi connectivity index (χ4v) is 2.44. The van der Waals surface area contributed by atoms with E-state index in [9.17, 15) is 5.11 Å². The fourth-order valence-electron chi connectivity index (χ4n) is 1.34. The monoisotopic (exact) mass is 250 g/mol. The molecule has 0 fully saturated rings. The molecule has 2 aromatic carbocycles. The molecule has 1 nitrogen and oxygen atoms in total. The van der Waals surface area contributed by atoms with Crippen LogP contribution in [0.4, 0.5) is 0 Å². The first-order chi connectivity index (χ1) is 7.79. The minimum Gasteiger partial charge on any atom is -0.508 e. The highest BCUT2D eigenvalue weighted by molar-refractivity contribution is 7.99. The molecular weight excluding hydrogens is 240 g/mol. The van der Waals surface area contributed by atoms with Gasteiger partial charge in [0.15, 0.2) is 0 Å². The number of phenols is 1. The Labute approximate surface area is 104 Å². The van der Waals surface area contributed by atoms with E-state index in [1.807, 2.05) is 42.5 Å². The minimum atomic E-state index is 0.260. The van der Waals surface area contributed by atoms with Crippen LogP contribution in [0, 0.1) is 0 Å². The lowest BCUT2D eigenvalue weighted by Crippen LogP contribution is -1.80. The smallest absolute Gasteiger partial charge is 0.121 e. The van der Waals surface area contributed by atoms with Crippen LogP contribution in [0.2, 0.25) is 0 Å². The Morgan fingerprint density at radius 1 is 1.00 bits per heavy atom. The zero-order chi connectivity index (χ0) is 11.4. The number of alkyl halides is 1. The molecule has 82 valence electrons. The number of phenolic OH excluding ortho intramolecular Hbond substituents is 1. The summed E-state index contributed by atoms with van der Waals surface area (Å²) in [6.07, 6.45) is 0. The second kappa shape index (κ2) is 5.28. The second-order valence-electron chi connectivity index (χ2n) is 3.34. The maximum atomic E-state index is 9.67. The van der Waals surface area contributed by atoms with E-state index in [-0.39, 0.29) is 5.75 Å². The lowest BCUT2D eigenvalue weighted by molar-refractivity contribution is 0.469. The Bertz CT molecular complexity index is 471. The molecule has 0 aromatic heterocycles. The molecule has 3 heteroatoms. The van der Waals surface area contributed by atoms with Gasteiger partial charge in [0, 0.05) is 15.4 Å². The van der Waals surface area contributed by atoms with E-state index in [4.69, 9.17) is 11.6 Å². The topological polar surface area (TPSA) is 20.2 Å². The lowest BCUT2D eigenvalue weighted by atomic mass is 10.2. The Balaban J connectivity index is 2.20. The Hall–Kier alpha value is -1.12.